The molecule has 30 heavy (non-hydrogen) atoms. The molecule has 0 unspecified atom stereocenters. The average molecular weight is 457 g/mol. The van der Waals surface area contributed by atoms with E-state index < -0.39 is 0 Å². The molecule has 0 bridgehead atoms. The van der Waals surface area contributed by atoms with Gasteiger partial charge < -0.3 is 10.6 Å². The number of thiocarbonyl (C=S) groups is 1. The van der Waals surface area contributed by atoms with Crippen LogP contribution in [-0.4, -0.2) is 24.7 Å². The van der Waals surface area contributed by atoms with Gasteiger partial charge in [0.15, 0.2) is 16.7 Å². The molecule has 0 aliphatic carbocycles. The highest BCUT2D eigenvalue weighted by Gasteiger charge is 2.09. The molecule has 0 atom stereocenters. The van der Waals surface area contributed by atoms with Crippen LogP contribution in [0.2, 0.25) is 10.0 Å². The van der Waals surface area contributed by atoms with Gasteiger partial charge in [-0.1, -0.05) is 59.6 Å². The molecule has 0 amide bonds. The molecule has 0 saturated heterocycles. The van der Waals surface area contributed by atoms with Crippen LogP contribution in [0, 0.1) is 0 Å². The van der Waals surface area contributed by atoms with E-state index in [0.29, 0.717) is 39.9 Å². The summed E-state index contributed by atoms with van der Waals surface area (Å²) in [6.45, 7) is 1.15. The fraction of sp³-hybridized carbons (Fsp3) is 0.0952. The van der Waals surface area contributed by atoms with Gasteiger partial charge in [0.25, 0.3) is 0 Å². The van der Waals surface area contributed by atoms with Crippen molar-refractivity contribution in [3.05, 3.63) is 94.2 Å². The number of nitrogens with one attached hydrogen (secondary N) is 2. The van der Waals surface area contributed by atoms with Crippen molar-refractivity contribution in [2.75, 3.05) is 10.6 Å². The van der Waals surface area contributed by atoms with Crippen molar-refractivity contribution in [2.45, 2.75) is 13.1 Å². The Bertz CT molecular complexity index is 1140. The smallest absolute Gasteiger partial charge is 0.177 e. The van der Waals surface area contributed by atoms with Gasteiger partial charge in [-0.25, -0.2) is 0 Å². The summed E-state index contributed by atoms with van der Waals surface area (Å²) in [5.74, 6) is 1.27. The molecule has 0 fully saturated rings. The van der Waals surface area contributed by atoms with Gasteiger partial charge in [-0.2, -0.15) is 10.2 Å². The molecule has 4 aromatic rings. The molecule has 2 heterocycles. The van der Waals surface area contributed by atoms with Gasteiger partial charge in [-0.3, -0.25) is 9.36 Å². The third kappa shape index (κ3) is 5.18. The molecule has 9 heteroatoms. The van der Waals surface area contributed by atoms with E-state index in [2.05, 4.69) is 33.0 Å². The molecule has 0 spiro atoms. The molecule has 2 N–H and O–H groups in total. The molecule has 6 nitrogen and oxygen atoms in total. The van der Waals surface area contributed by atoms with E-state index in [9.17, 15) is 0 Å². The van der Waals surface area contributed by atoms with Crippen molar-refractivity contribution in [1.82, 2.24) is 19.6 Å². The van der Waals surface area contributed by atoms with Crippen LogP contribution in [0.4, 0.5) is 11.6 Å². The second kappa shape index (κ2) is 9.30. The van der Waals surface area contributed by atoms with Crippen LogP contribution >= 0.6 is 35.4 Å². The highest BCUT2D eigenvalue weighted by molar-refractivity contribution is 7.80. The van der Waals surface area contributed by atoms with E-state index in [1.54, 1.807) is 16.8 Å². The molecule has 0 saturated carbocycles. The van der Waals surface area contributed by atoms with Gasteiger partial charge in [-0.05, 0) is 29.9 Å². The van der Waals surface area contributed by atoms with Crippen LogP contribution in [-0.2, 0) is 13.1 Å². The summed E-state index contributed by atoms with van der Waals surface area (Å²) in [7, 11) is 0. The van der Waals surface area contributed by atoms with Gasteiger partial charge in [0.2, 0.25) is 0 Å². The van der Waals surface area contributed by atoms with Crippen LogP contribution in [0.1, 0.15) is 11.1 Å². The number of aromatic nitrogens is 4. The van der Waals surface area contributed by atoms with E-state index in [4.69, 9.17) is 35.4 Å². The first kappa shape index (κ1) is 20.4. The monoisotopic (exact) mass is 456 g/mol. The molecule has 0 radical (unpaired) electrons. The second-order valence-corrected chi connectivity index (χ2v) is 7.78. The third-order valence-corrected chi connectivity index (χ3v) is 5.25. The highest BCUT2D eigenvalue weighted by Crippen LogP contribution is 2.25. The van der Waals surface area contributed by atoms with Crippen LogP contribution in [0.5, 0.6) is 0 Å². The highest BCUT2D eigenvalue weighted by atomic mass is 35.5. The Morgan fingerprint density at radius 2 is 1.33 bits per heavy atom. The lowest BCUT2D eigenvalue weighted by molar-refractivity contribution is 0.689. The molecule has 4 rings (SSSR count). The first-order valence-electron chi connectivity index (χ1n) is 9.18. The zero-order valence-electron chi connectivity index (χ0n) is 15.8. The maximum absolute atomic E-state index is 6.23. The predicted molar refractivity (Wildman–Crippen MR) is 125 cm³/mol. The summed E-state index contributed by atoms with van der Waals surface area (Å²) < 4.78 is 3.59. The number of rotatable bonds is 6. The normalized spacial score (nSPS) is 10.7. The van der Waals surface area contributed by atoms with Gasteiger partial charge >= 0.3 is 0 Å². The number of hydrogen-bond acceptors (Lipinski definition) is 3. The molecular formula is C21H18Cl2N6S. The van der Waals surface area contributed by atoms with Crippen LogP contribution < -0.4 is 10.6 Å². The molecule has 0 aliphatic heterocycles. The van der Waals surface area contributed by atoms with Crippen molar-refractivity contribution in [2.24, 2.45) is 0 Å². The fourth-order valence-electron chi connectivity index (χ4n) is 2.91. The van der Waals surface area contributed by atoms with Gasteiger partial charge in [0.05, 0.1) is 13.1 Å². The van der Waals surface area contributed by atoms with Crippen LogP contribution in [0.3, 0.4) is 0 Å². The predicted octanol–water partition coefficient (Wildman–Crippen LogP) is 5.29. The maximum Gasteiger partial charge on any atom is 0.177 e. The SMILES string of the molecule is S=C(Nc1ccn(Cc2ccccc2)n1)Nc1ccn(Cc2c(Cl)cccc2Cl)n1. The maximum atomic E-state index is 6.23. The lowest BCUT2D eigenvalue weighted by Gasteiger charge is -2.08. The van der Waals surface area contributed by atoms with E-state index in [0.717, 1.165) is 5.56 Å². The van der Waals surface area contributed by atoms with Crippen molar-refractivity contribution in [3.63, 3.8) is 0 Å². The summed E-state index contributed by atoms with van der Waals surface area (Å²) in [6.07, 6.45) is 3.74. The summed E-state index contributed by atoms with van der Waals surface area (Å²) in [6, 6.07) is 19.3. The Morgan fingerprint density at radius 1 is 0.767 bits per heavy atom. The Labute approximate surface area is 189 Å². The van der Waals surface area contributed by atoms with E-state index in [1.807, 2.05) is 53.5 Å². The largest absolute Gasteiger partial charge is 0.316 e. The first-order chi connectivity index (χ1) is 14.6. The average Bonchev–Trinajstić information content (AvgIpc) is 3.35. The molecule has 2 aromatic carbocycles. The summed E-state index contributed by atoms with van der Waals surface area (Å²) in [5, 5.41) is 16.7. The standard InChI is InChI=1S/C21H18Cl2N6S/c22-17-7-4-8-18(23)16(17)14-29-12-10-20(27-29)25-21(30)24-19-9-11-28(26-19)13-15-5-2-1-3-6-15/h1-12H,13-14H2,(H2,24,25,26,27,30). The van der Waals surface area contributed by atoms with Crippen molar-refractivity contribution >= 4 is 52.2 Å². The van der Waals surface area contributed by atoms with Gasteiger partial charge in [0.1, 0.15) is 0 Å². The molecule has 0 aliphatic rings. The summed E-state index contributed by atoms with van der Waals surface area (Å²) in [5.41, 5.74) is 2.00. The molecule has 2 aromatic heterocycles. The molecular weight excluding hydrogens is 439 g/mol. The minimum atomic E-state index is 0.404. The van der Waals surface area contributed by atoms with Crippen LogP contribution in [0.15, 0.2) is 73.1 Å². The first-order valence-corrected chi connectivity index (χ1v) is 10.3. The van der Waals surface area contributed by atoms with Crippen molar-refractivity contribution < 1.29 is 0 Å². The minimum Gasteiger partial charge on any atom is -0.316 e. The van der Waals surface area contributed by atoms with E-state index in [-0.39, 0.29) is 0 Å². The summed E-state index contributed by atoms with van der Waals surface area (Å²) in [4.78, 5) is 0. The van der Waals surface area contributed by atoms with Gasteiger partial charge in [0, 0.05) is 40.1 Å². The number of benzene rings is 2. The Balaban J connectivity index is 1.34. The van der Waals surface area contributed by atoms with E-state index in [1.165, 1.54) is 5.56 Å². The third-order valence-electron chi connectivity index (χ3n) is 4.33. The second-order valence-electron chi connectivity index (χ2n) is 6.56. The summed E-state index contributed by atoms with van der Waals surface area (Å²) >= 11 is 17.8. The Morgan fingerprint density at radius 3 is 1.93 bits per heavy atom. The number of anilines is 2. The number of hydrogen-bond donors (Lipinski definition) is 2. The lowest BCUT2D eigenvalue weighted by atomic mass is 10.2. The van der Waals surface area contributed by atoms with Crippen molar-refractivity contribution in [1.29, 1.82) is 0 Å². The molecule has 152 valence electrons. The topological polar surface area (TPSA) is 59.7 Å². The zero-order valence-corrected chi connectivity index (χ0v) is 18.1. The quantitative estimate of drug-likeness (QED) is 0.385. The Hall–Kier alpha value is -2.87. The zero-order chi connectivity index (χ0) is 20.9. The van der Waals surface area contributed by atoms with E-state index >= 15 is 0 Å². The van der Waals surface area contributed by atoms with Crippen LogP contribution in [0.25, 0.3) is 0 Å². The lowest BCUT2D eigenvalue weighted by Crippen LogP contribution is -2.20. The van der Waals surface area contributed by atoms with Gasteiger partial charge in [-0.15, -0.1) is 0 Å². The number of halogens is 2. The minimum absolute atomic E-state index is 0.404. The fourth-order valence-corrected chi connectivity index (χ4v) is 3.64. The number of nitrogens with zero attached hydrogens (tertiary/aromatic N) is 4. The van der Waals surface area contributed by atoms with Crippen molar-refractivity contribution in [3.8, 4) is 0 Å². The Kier molecular flexibility index (Phi) is 6.32.